The minimum atomic E-state index is -0.223. The number of aromatic amines is 2. The van der Waals surface area contributed by atoms with Gasteiger partial charge in [0, 0.05) is 41.0 Å². The van der Waals surface area contributed by atoms with Crippen LogP contribution in [0.3, 0.4) is 0 Å². The molecule has 0 atom stereocenters. The Kier molecular flexibility index (Phi) is 5.14. The lowest BCUT2D eigenvalue weighted by molar-refractivity contribution is 0.0341. The molecule has 1 aliphatic rings. The summed E-state index contributed by atoms with van der Waals surface area (Å²) in [7, 11) is 0. The molecule has 3 aromatic heterocycles. The molecule has 0 spiro atoms. The molecule has 6 rings (SSSR count). The third kappa shape index (κ3) is 3.91. The first kappa shape index (κ1) is 20.1. The molecule has 0 radical (unpaired) electrons. The fourth-order valence-electron chi connectivity index (χ4n) is 4.27. The number of benzene rings is 2. The van der Waals surface area contributed by atoms with Crippen LogP contribution in [0.25, 0.3) is 32.9 Å². The van der Waals surface area contributed by atoms with Gasteiger partial charge in [0.15, 0.2) is 0 Å². The van der Waals surface area contributed by atoms with Crippen LogP contribution in [0.15, 0.2) is 54.2 Å². The minimum absolute atomic E-state index is 0.223. The van der Waals surface area contributed by atoms with E-state index in [0.717, 1.165) is 70.8 Å². The van der Waals surface area contributed by atoms with Crippen molar-refractivity contribution in [2.24, 2.45) is 0 Å². The third-order valence-corrected chi connectivity index (χ3v) is 6.79. The van der Waals surface area contributed by atoms with E-state index >= 15 is 0 Å². The summed E-state index contributed by atoms with van der Waals surface area (Å²) >= 11 is 1.51. The largest absolute Gasteiger partial charge is 0.379 e. The number of carbonyl (C=O) groups excluding carboxylic acids is 1. The lowest BCUT2D eigenvalue weighted by Crippen LogP contribution is -2.35. The number of fused-ring (bicyclic) bond motifs is 2. The van der Waals surface area contributed by atoms with Crippen LogP contribution in [0.5, 0.6) is 0 Å². The van der Waals surface area contributed by atoms with Gasteiger partial charge in [0.25, 0.3) is 5.91 Å². The van der Waals surface area contributed by atoms with Crippen molar-refractivity contribution >= 4 is 44.7 Å². The van der Waals surface area contributed by atoms with Crippen LogP contribution in [0.4, 0.5) is 5.69 Å². The average Bonchev–Trinajstić information content (AvgIpc) is 3.60. The number of carbonyl (C=O) groups is 1. The first-order chi connectivity index (χ1) is 16.2. The van der Waals surface area contributed by atoms with Crippen LogP contribution in [0.2, 0.25) is 0 Å². The highest BCUT2D eigenvalue weighted by molar-refractivity contribution is 7.09. The van der Waals surface area contributed by atoms with Gasteiger partial charge in [-0.15, -0.1) is 11.3 Å². The van der Waals surface area contributed by atoms with E-state index in [4.69, 9.17) is 4.74 Å². The van der Waals surface area contributed by atoms with Gasteiger partial charge in [-0.05, 0) is 35.4 Å². The molecule has 0 bridgehead atoms. The summed E-state index contributed by atoms with van der Waals surface area (Å²) in [5.41, 5.74) is 5.15. The molecule has 0 aliphatic carbocycles. The van der Waals surface area contributed by atoms with Crippen molar-refractivity contribution in [3.63, 3.8) is 0 Å². The monoisotopic (exact) mass is 458 g/mol. The maximum atomic E-state index is 13.1. The van der Waals surface area contributed by atoms with Crippen LogP contribution >= 0.6 is 11.3 Å². The number of nitrogens with one attached hydrogen (secondary N) is 3. The van der Waals surface area contributed by atoms with E-state index in [9.17, 15) is 4.79 Å². The summed E-state index contributed by atoms with van der Waals surface area (Å²) < 4.78 is 5.40. The summed E-state index contributed by atoms with van der Waals surface area (Å²) in [6.07, 6.45) is 3.67. The SMILES string of the molecule is O=C(Nc1cc(-c2cccc3[nH]ccc23)cc2[nH]ncc12)c1csc(CN2CCOCC2)n1. The summed E-state index contributed by atoms with van der Waals surface area (Å²) in [6.45, 7) is 4.00. The number of H-pyrrole nitrogens is 2. The molecule has 33 heavy (non-hydrogen) atoms. The van der Waals surface area contributed by atoms with Gasteiger partial charge in [-0.3, -0.25) is 14.8 Å². The van der Waals surface area contributed by atoms with Crippen molar-refractivity contribution in [1.29, 1.82) is 0 Å². The van der Waals surface area contributed by atoms with Crippen molar-refractivity contribution in [2.45, 2.75) is 6.54 Å². The fourth-order valence-corrected chi connectivity index (χ4v) is 5.09. The summed E-state index contributed by atoms with van der Waals surface area (Å²) in [6, 6.07) is 12.3. The first-order valence-electron chi connectivity index (χ1n) is 10.8. The average molecular weight is 459 g/mol. The number of anilines is 1. The number of hydrogen-bond acceptors (Lipinski definition) is 6. The molecular formula is C24H22N6O2S. The second kappa shape index (κ2) is 8.43. The van der Waals surface area contributed by atoms with E-state index in [-0.39, 0.29) is 5.91 Å². The summed E-state index contributed by atoms with van der Waals surface area (Å²) in [4.78, 5) is 23.2. The van der Waals surface area contributed by atoms with E-state index in [0.29, 0.717) is 11.4 Å². The molecular weight excluding hydrogens is 436 g/mol. The number of nitrogens with zero attached hydrogens (tertiary/aromatic N) is 3. The molecule has 166 valence electrons. The van der Waals surface area contributed by atoms with E-state index in [1.807, 2.05) is 29.8 Å². The number of amides is 1. The Morgan fingerprint density at radius 3 is 2.97 bits per heavy atom. The molecule has 9 heteroatoms. The van der Waals surface area contributed by atoms with Crippen LogP contribution in [0, 0.1) is 0 Å². The summed E-state index contributed by atoms with van der Waals surface area (Å²) in [5.74, 6) is -0.223. The Morgan fingerprint density at radius 2 is 2.06 bits per heavy atom. The molecule has 8 nitrogen and oxygen atoms in total. The molecule has 4 heterocycles. The number of thiazole rings is 1. The highest BCUT2D eigenvalue weighted by Gasteiger charge is 2.17. The molecule has 1 fully saturated rings. The maximum Gasteiger partial charge on any atom is 0.275 e. The number of hydrogen-bond donors (Lipinski definition) is 3. The Bertz CT molecular complexity index is 1450. The molecule has 0 saturated carbocycles. The number of morpholine rings is 1. The van der Waals surface area contributed by atoms with Gasteiger partial charge in [-0.25, -0.2) is 4.98 Å². The van der Waals surface area contributed by atoms with E-state index in [2.05, 4.69) is 48.6 Å². The second-order valence-electron chi connectivity index (χ2n) is 8.07. The predicted molar refractivity (Wildman–Crippen MR) is 130 cm³/mol. The van der Waals surface area contributed by atoms with Crippen LogP contribution < -0.4 is 5.32 Å². The smallest absolute Gasteiger partial charge is 0.275 e. The standard InChI is InChI=1S/C24H22N6O2S/c31-24(22-14-33-23(27-22)13-30-6-8-32-9-7-30)28-20-10-15(11-21-18(20)12-26-29-21)16-2-1-3-19-17(16)4-5-25-19/h1-5,10-12,14,25H,6-9,13H2,(H,26,29)(H,28,31). The Morgan fingerprint density at radius 1 is 1.15 bits per heavy atom. The van der Waals surface area contributed by atoms with Crippen molar-refractivity contribution in [3.05, 3.63) is 64.9 Å². The summed E-state index contributed by atoms with van der Waals surface area (Å²) in [5, 5.41) is 15.0. The lowest BCUT2D eigenvalue weighted by Gasteiger charge is -2.25. The highest BCUT2D eigenvalue weighted by atomic mass is 32.1. The van der Waals surface area contributed by atoms with Crippen molar-refractivity contribution < 1.29 is 9.53 Å². The molecule has 0 unspecified atom stereocenters. The first-order valence-corrected chi connectivity index (χ1v) is 11.7. The molecule has 1 amide bonds. The maximum absolute atomic E-state index is 13.1. The normalized spacial score (nSPS) is 14.8. The minimum Gasteiger partial charge on any atom is -0.379 e. The zero-order valence-corrected chi connectivity index (χ0v) is 18.6. The molecule has 2 aromatic carbocycles. The topological polar surface area (TPSA) is 98.9 Å². The van der Waals surface area contributed by atoms with E-state index < -0.39 is 0 Å². The van der Waals surface area contributed by atoms with Crippen molar-refractivity contribution in [2.75, 3.05) is 31.6 Å². The third-order valence-electron chi connectivity index (χ3n) is 5.96. The number of ether oxygens (including phenoxy) is 1. The predicted octanol–water partition coefficient (Wildman–Crippen LogP) is 4.25. The van der Waals surface area contributed by atoms with Crippen molar-refractivity contribution in [3.8, 4) is 11.1 Å². The Balaban J connectivity index is 1.29. The lowest BCUT2D eigenvalue weighted by atomic mass is 9.99. The molecule has 3 N–H and O–H groups in total. The molecule has 1 aliphatic heterocycles. The van der Waals surface area contributed by atoms with E-state index in [1.165, 1.54) is 11.3 Å². The van der Waals surface area contributed by atoms with E-state index in [1.54, 1.807) is 6.20 Å². The number of aromatic nitrogens is 4. The van der Waals surface area contributed by atoms with Crippen LogP contribution in [-0.2, 0) is 11.3 Å². The van der Waals surface area contributed by atoms with Gasteiger partial charge in [0.1, 0.15) is 10.7 Å². The van der Waals surface area contributed by atoms with Gasteiger partial charge in [-0.1, -0.05) is 12.1 Å². The van der Waals surface area contributed by atoms with Gasteiger partial charge in [-0.2, -0.15) is 5.10 Å². The van der Waals surface area contributed by atoms with Gasteiger partial charge in [0.2, 0.25) is 0 Å². The Labute approximate surface area is 193 Å². The fraction of sp³-hybridized carbons (Fsp3) is 0.208. The highest BCUT2D eigenvalue weighted by Crippen LogP contribution is 2.34. The molecule has 1 saturated heterocycles. The van der Waals surface area contributed by atoms with Gasteiger partial charge >= 0.3 is 0 Å². The van der Waals surface area contributed by atoms with Gasteiger partial charge in [0.05, 0.1) is 37.2 Å². The zero-order valence-electron chi connectivity index (χ0n) is 17.8. The zero-order chi connectivity index (χ0) is 22.2. The molecule has 5 aromatic rings. The number of rotatable bonds is 5. The second-order valence-corrected chi connectivity index (χ2v) is 9.01. The van der Waals surface area contributed by atoms with Crippen LogP contribution in [-0.4, -0.2) is 57.3 Å². The van der Waals surface area contributed by atoms with Crippen molar-refractivity contribution in [1.82, 2.24) is 25.1 Å². The van der Waals surface area contributed by atoms with Gasteiger partial charge < -0.3 is 15.0 Å². The quantitative estimate of drug-likeness (QED) is 0.366. The Hall–Kier alpha value is -3.53. The van der Waals surface area contributed by atoms with Crippen LogP contribution in [0.1, 0.15) is 15.5 Å².